The average Bonchev–Trinajstić information content (AvgIpc) is 2.64. The van der Waals surface area contributed by atoms with E-state index < -0.39 is 5.97 Å². The molecular formula is C12H14O3. The second-order valence-electron chi connectivity index (χ2n) is 3.79. The second kappa shape index (κ2) is 4.34. The zero-order valence-electron chi connectivity index (χ0n) is 8.53. The Morgan fingerprint density at radius 3 is 3.13 bits per heavy atom. The molecule has 0 bridgehead atoms. The summed E-state index contributed by atoms with van der Waals surface area (Å²) in [6.45, 7) is 0.772. The molecular weight excluding hydrogens is 192 g/mol. The lowest BCUT2D eigenvalue weighted by atomic mass is 10.0. The van der Waals surface area contributed by atoms with E-state index in [2.05, 4.69) is 12.1 Å². The molecule has 0 spiro atoms. The van der Waals surface area contributed by atoms with Gasteiger partial charge in [0.1, 0.15) is 5.75 Å². The van der Waals surface area contributed by atoms with Gasteiger partial charge in [0.2, 0.25) is 0 Å². The molecule has 2 rings (SSSR count). The third-order valence-corrected chi connectivity index (χ3v) is 2.62. The van der Waals surface area contributed by atoms with Gasteiger partial charge in [0, 0.05) is 12.8 Å². The number of aliphatic carboxylic acids is 1. The molecule has 0 atom stereocenters. The zero-order valence-corrected chi connectivity index (χ0v) is 8.53. The van der Waals surface area contributed by atoms with Crippen molar-refractivity contribution in [2.45, 2.75) is 25.7 Å². The highest BCUT2D eigenvalue weighted by atomic mass is 16.5. The van der Waals surface area contributed by atoms with Crippen molar-refractivity contribution in [1.82, 2.24) is 0 Å². The highest BCUT2D eigenvalue weighted by Gasteiger charge is 2.11. The van der Waals surface area contributed by atoms with Crippen LogP contribution in [0.3, 0.4) is 0 Å². The molecule has 0 saturated carbocycles. The number of rotatable bonds is 4. The number of ether oxygens (including phenoxy) is 1. The minimum atomic E-state index is -0.729. The summed E-state index contributed by atoms with van der Waals surface area (Å²) >= 11 is 0. The number of fused-ring (bicyclic) bond motifs is 1. The topological polar surface area (TPSA) is 46.5 Å². The number of carboxylic acid groups (broad SMARTS) is 1. The van der Waals surface area contributed by atoms with Gasteiger partial charge in [-0.25, -0.2) is 0 Å². The molecule has 1 aromatic rings. The van der Waals surface area contributed by atoms with Gasteiger partial charge in [-0.1, -0.05) is 12.1 Å². The number of carbonyl (C=O) groups is 1. The summed E-state index contributed by atoms with van der Waals surface area (Å²) in [5.41, 5.74) is 2.42. The first-order chi connectivity index (χ1) is 7.25. The van der Waals surface area contributed by atoms with E-state index in [9.17, 15) is 4.79 Å². The number of benzene rings is 1. The van der Waals surface area contributed by atoms with Crippen LogP contribution in [0, 0.1) is 0 Å². The van der Waals surface area contributed by atoms with Gasteiger partial charge in [-0.05, 0) is 30.0 Å². The molecule has 0 unspecified atom stereocenters. The van der Waals surface area contributed by atoms with Crippen LogP contribution >= 0.6 is 0 Å². The lowest BCUT2D eigenvalue weighted by Crippen LogP contribution is -1.96. The molecule has 0 aromatic heterocycles. The average molecular weight is 206 g/mol. The maximum Gasteiger partial charge on any atom is 0.303 e. The van der Waals surface area contributed by atoms with Crippen LogP contribution in [-0.2, 0) is 17.6 Å². The number of hydrogen-bond donors (Lipinski definition) is 1. The smallest absolute Gasteiger partial charge is 0.303 e. The van der Waals surface area contributed by atoms with E-state index in [1.165, 1.54) is 5.56 Å². The molecule has 1 aromatic carbocycles. The molecule has 0 fully saturated rings. The number of hydrogen-bond acceptors (Lipinski definition) is 2. The summed E-state index contributed by atoms with van der Waals surface area (Å²) in [7, 11) is 0. The third-order valence-electron chi connectivity index (χ3n) is 2.62. The standard InChI is InChI=1S/C12H14O3/c13-12(14)3-1-2-9-4-5-10-6-7-15-11(10)8-9/h4-5,8H,1-3,6-7H2,(H,13,14). The molecule has 3 nitrogen and oxygen atoms in total. The van der Waals surface area contributed by atoms with Crippen molar-refractivity contribution in [3.63, 3.8) is 0 Å². The summed E-state index contributed by atoms with van der Waals surface area (Å²) in [6.07, 6.45) is 2.72. The molecule has 1 heterocycles. The number of aryl methyl sites for hydroxylation is 1. The maximum absolute atomic E-state index is 10.4. The van der Waals surface area contributed by atoms with E-state index in [0.717, 1.165) is 30.8 Å². The Kier molecular flexibility index (Phi) is 2.90. The van der Waals surface area contributed by atoms with Crippen molar-refractivity contribution >= 4 is 5.97 Å². The lowest BCUT2D eigenvalue weighted by molar-refractivity contribution is -0.137. The Morgan fingerprint density at radius 2 is 2.33 bits per heavy atom. The van der Waals surface area contributed by atoms with Gasteiger partial charge in [0.25, 0.3) is 0 Å². The quantitative estimate of drug-likeness (QED) is 0.819. The van der Waals surface area contributed by atoms with Gasteiger partial charge < -0.3 is 9.84 Å². The van der Waals surface area contributed by atoms with E-state index >= 15 is 0 Å². The maximum atomic E-state index is 10.4. The van der Waals surface area contributed by atoms with Crippen LogP contribution in [0.2, 0.25) is 0 Å². The Hall–Kier alpha value is -1.51. The Bertz CT molecular complexity index is 371. The first kappa shape index (κ1) is 10.0. The van der Waals surface area contributed by atoms with E-state index in [0.29, 0.717) is 6.42 Å². The van der Waals surface area contributed by atoms with Gasteiger partial charge in [0.05, 0.1) is 6.61 Å². The molecule has 15 heavy (non-hydrogen) atoms. The predicted octanol–water partition coefficient (Wildman–Crippen LogP) is 2.03. The van der Waals surface area contributed by atoms with Gasteiger partial charge in [0.15, 0.2) is 0 Å². The highest BCUT2D eigenvalue weighted by molar-refractivity contribution is 5.66. The fourth-order valence-corrected chi connectivity index (χ4v) is 1.81. The van der Waals surface area contributed by atoms with Gasteiger partial charge >= 0.3 is 5.97 Å². The molecule has 1 aliphatic rings. The monoisotopic (exact) mass is 206 g/mol. The molecule has 0 saturated heterocycles. The molecule has 1 aliphatic heterocycles. The molecule has 1 N–H and O–H groups in total. The van der Waals surface area contributed by atoms with E-state index in [-0.39, 0.29) is 6.42 Å². The second-order valence-corrected chi connectivity index (χ2v) is 3.79. The van der Waals surface area contributed by atoms with Crippen LogP contribution in [0.5, 0.6) is 5.75 Å². The van der Waals surface area contributed by atoms with E-state index in [4.69, 9.17) is 9.84 Å². The minimum absolute atomic E-state index is 0.234. The Balaban J connectivity index is 1.95. The van der Waals surface area contributed by atoms with Crippen molar-refractivity contribution in [3.8, 4) is 5.75 Å². The van der Waals surface area contributed by atoms with Crippen molar-refractivity contribution in [2.24, 2.45) is 0 Å². The molecule has 3 heteroatoms. The first-order valence-electron chi connectivity index (χ1n) is 5.22. The zero-order chi connectivity index (χ0) is 10.7. The van der Waals surface area contributed by atoms with Gasteiger partial charge in [-0.15, -0.1) is 0 Å². The molecule has 0 amide bonds. The van der Waals surface area contributed by atoms with Crippen LogP contribution in [0.4, 0.5) is 0 Å². The largest absolute Gasteiger partial charge is 0.493 e. The molecule has 0 aliphatic carbocycles. The van der Waals surface area contributed by atoms with Crippen LogP contribution in [0.15, 0.2) is 18.2 Å². The van der Waals surface area contributed by atoms with Gasteiger partial charge in [-0.2, -0.15) is 0 Å². The summed E-state index contributed by atoms with van der Waals surface area (Å²) in [5, 5.41) is 8.52. The highest BCUT2D eigenvalue weighted by Crippen LogP contribution is 2.26. The first-order valence-corrected chi connectivity index (χ1v) is 5.22. The fourth-order valence-electron chi connectivity index (χ4n) is 1.81. The van der Waals surface area contributed by atoms with Crippen LogP contribution in [-0.4, -0.2) is 17.7 Å². The predicted molar refractivity (Wildman–Crippen MR) is 56.2 cm³/mol. The van der Waals surface area contributed by atoms with Crippen molar-refractivity contribution in [2.75, 3.05) is 6.61 Å². The summed E-state index contributed by atoms with van der Waals surface area (Å²) < 4.78 is 5.45. The van der Waals surface area contributed by atoms with Crippen molar-refractivity contribution < 1.29 is 14.6 Å². The summed E-state index contributed by atoms with van der Waals surface area (Å²) in [5.74, 6) is 0.246. The summed E-state index contributed by atoms with van der Waals surface area (Å²) in [4.78, 5) is 10.4. The minimum Gasteiger partial charge on any atom is -0.493 e. The number of carboxylic acids is 1. The van der Waals surface area contributed by atoms with Crippen LogP contribution in [0.25, 0.3) is 0 Å². The van der Waals surface area contributed by atoms with Crippen LogP contribution < -0.4 is 4.74 Å². The third kappa shape index (κ3) is 2.49. The fraction of sp³-hybridized carbons (Fsp3) is 0.417. The normalized spacial score (nSPS) is 13.3. The Morgan fingerprint density at radius 1 is 1.47 bits per heavy atom. The van der Waals surface area contributed by atoms with E-state index in [1.807, 2.05) is 6.07 Å². The summed E-state index contributed by atoms with van der Waals surface area (Å²) in [6, 6.07) is 6.18. The van der Waals surface area contributed by atoms with E-state index in [1.54, 1.807) is 0 Å². The van der Waals surface area contributed by atoms with Crippen molar-refractivity contribution in [1.29, 1.82) is 0 Å². The van der Waals surface area contributed by atoms with Crippen molar-refractivity contribution in [3.05, 3.63) is 29.3 Å². The van der Waals surface area contributed by atoms with Crippen LogP contribution in [0.1, 0.15) is 24.0 Å². The SMILES string of the molecule is O=C(O)CCCc1ccc2c(c1)OCC2. The Labute approximate surface area is 88.7 Å². The molecule has 0 radical (unpaired) electrons. The van der Waals surface area contributed by atoms with Gasteiger partial charge in [-0.3, -0.25) is 4.79 Å². The lowest BCUT2D eigenvalue weighted by Gasteiger charge is -2.03. The molecule has 80 valence electrons.